The first-order chi connectivity index (χ1) is 5.58. The minimum atomic E-state index is -3.79. The minimum absolute atomic E-state index is 0.00694. The van der Waals surface area contributed by atoms with Crippen LogP contribution in [0.25, 0.3) is 20.9 Å². The van der Waals surface area contributed by atoms with Crippen LogP contribution in [0.5, 0.6) is 0 Å². The zero-order valence-corrected chi connectivity index (χ0v) is 6.88. The summed E-state index contributed by atoms with van der Waals surface area (Å²) in [4.78, 5) is 4.35. The van der Waals surface area contributed by atoms with E-state index in [-0.39, 0.29) is 10.3 Å². The molecule has 0 unspecified atom stereocenters. The van der Waals surface area contributed by atoms with Gasteiger partial charge < -0.3 is 0 Å². The molecule has 10 heteroatoms. The molecule has 0 spiro atoms. The van der Waals surface area contributed by atoms with Gasteiger partial charge in [-0.3, -0.25) is 0 Å². The zero-order valence-electron chi connectivity index (χ0n) is 6.06. The van der Waals surface area contributed by atoms with Gasteiger partial charge in [0.15, 0.2) is 0 Å². The van der Waals surface area contributed by atoms with Crippen molar-refractivity contribution in [3.05, 3.63) is 20.9 Å². The van der Waals surface area contributed by atoms with Gasteiger partial charge in [-0.05, 0) is 6.92 Å². The Morgan fingerprint density at radius 1 is 1.33 bits per heavy atom. The summed E-state index contributed by atoms with van der Waals surface area (Å²) in [5, 5.41) is 5.32. The van der Waals surface area contributed by atoms with Crippen molar-refractivity contribution in [2.45, 2.75) is 6.92 Å². The van der Waals surface area contributed by atoms with Crippen molar-refractivity contribution in [1.29, 1.82) is 0 Å². The number of rotatable bonds is 4. The summed E-state index contributed by atoms with van der Waals surface area (Å²) in [6.07, 6.45) is 0. The van der Waals surface area contributed by atoms with Gasteiger partial charge in [0.1, 0.15) is 0 Å². The second kappa shape index (κ2) is 4.29. The Kier molecular flexibility index (Phi) is 3.71. The highest BCUT2D eigenvalue weighted by molar-refractivity contribution is 7.88. The predicted molar refractivity (Wildman–Crippen MR) is 39.6 cm³/mol. The van der Waals surface area contributed by atoms with Crippen LogP contribution in [0.4, 0.5) is 0 Å². The summed E-state index contributed by atoms with van der Waals surface area (Å²) in [6, 6.07) is 0. The van der Waals surface area contributed by atoms with E-state index in [1.807, 2.05) is 0 Å². The second-order valence-corrected chi connectivity index (χ2v) is 3.55. The van der Waals surface area contributed by atoms with E-state index in [1.165, 1.54) is 6.92 Å². The molecule has 0 amide bonds. The van der Waals surface area contributed by atoms with Crippen LogP contribution in [0.3, 0.4) is 0 Å². The van der Waals surface area contributed by atoms with Gasteiger partial charge in [0.05, 0.1) is 5.75 Å². The zero-order chi connectivity index (χ0) is 9.61. The highest BCUT2D eigenvalue weighted by Gasteiger charge is 2.18. The average molecular weight is 191 g/mol. The van der Waals surface area contributed by atoms with Crippen molar-refractivity contribution in [2.24, 2.45) is 10.4 Å². The molecule has 0 aliphatic rings. The normalized spacial score (nSPS) is 9.42. The summed E-state index contributed by atoms with van der Waals surface area (Å²) in [6.45, 7) is 1.32. The molecule has 0 heterocycles. The fourth-order valence-electron chi connectivity index (χ4n) is 0.313. The number of sulfonamides is 1. The lowest BCUT2D eigenvalue weighted by Gasteiger charge is -2.04. The van der Waals surface area contributed by atoms with Crippen LogP contribution >= 0.6 is 0 Å². The van der Waals surface area contributed by atoms with E-state index < -0.39 is 10.0 Å². The quantitative estimate of drug-likeness (QED) is 0.284. The van der Waals surface area contributed by atoms with E-state index in [1.54, 1.807) is 0 Å². The lowest BCUT2D eigenvalue weighted by molar-refractivity contribution is 0.441. The molecule has 9 nitrogen and oxygen atoms in total. The van der Waals surface area contributed by atoms with Crippen LogP contribution < -0.4 is 0 Å². The monoisotopic (exact) mass is 191 g/mol. The van der Waals surface area contributed by atoms with Crippen molar-refractivity contribution in [2.75, 3.05) is 5.75 Å². The molecule has 0 radical (unpaired) electrons. The third kappa shape index (κ3) is 2.54. The third-order valence-corrected chi connectivity index (χ3v) is 2.22. The lowest BCUT2D eigenvalue weighted by atomic mass is 11.0. The molecule has 0 atom stereocenters. The van der Waals surface area contributed by atoms with E-state index in [0.29, 0.717) is 0 Å². The van der Waals surface area contributed by atoms with Crippen LogP contribution in [0, 0.1) is 0 Å². The average Bonchev–Trinajstić information content (AvgIpc) is 2.04. The molecule has 0 rings (SSSR count). The number of azide groups is 1. The van der Waals surface area contributed by atoms with Crippen LogP contribution in [0.15, 0.2) is 10.4 Å². The smallest absolute Gasteiger partial charge is 0.183 e. The van der Waals surface area contributed by atoms with E-state index >= 15 is 0 Å². The Morgan fingerprint density at radius 2 is 1.75 bits per heavy atom. The summed E-state index contributed by atoms with van der Waals surface area (Å²) in [5.41, 5.74) is 15.8. The second-order valence-electron chi connectivity index (χ2n) is 1.48. The Hall–Kier alpha value is -1.63. The molecule has 0 aromatic heterocycles. The number of nitrogens with zero attached hydrogens (tertiary/aromatic N) is 7. The SMILES string of the molecule is CCS(=O)(=O)N(N=[N+]=[N-])N=[N+]=[N-]. The van der Waals surface area contributed by atoms with Gasteiger partial charge in [-0.25, -0.2) is 0 Å². The summed E-state index contributed by atoms with van der Waals surface area (Å²) < 4.78 is 21.7. The molecule has 0 saturated carbocycles. The molecule has 0 saturated heterocycles. The summed E-state index contributed by atoms with van der Waals surface area (Å²) in [7, 11) is -3.79. The molecule has 66 valence electrons. The number of hydrogen-bond acceptors (Lipinski definition) is 4. The van der Waals surface area contributed by atoms with Gasteiger partial charge in [-0.15, -0.1) is 11.1 Å². The van der Waals surface area contributed by atoms with Gasteiger partial charge in [0.25, 0.3) is 0 Å². The van der Waals surface area contributed by atoms with E-state index in [0.717, 1.165) is 0 Å². The summed E-state index contributed by atoms with van der Waals surface area (Å²) >= 11 is 0. The maximum Gasteiger partial charge on any atom is 0.313 e. The fraction of sp³-hybridized carbons (Fsp3) is 1.00. The largest absolute Gasteiger partial charge is 0.313 e. The maximum atomic E-state index is 10.9. The first-order valence-corrected chi connectivity index (χ1v) is 4.32. The first kappa shape index (κ1) is 10.4. The Bertz CT molecular complexity index is 314. The van der Waals surface area contributed by atoms with Crippen molar-refractivity contribution < 1.29 is 8.42 Å². The van der Waals surface area contributed by atoms with Crippen molar-refractivity contribution >= 4 is 10.0 Å². The van der Waals surface area contributed by atoms with Crippen molar-refractivity contribution in [1.82, 2.24) is 4.52 Å². The molecular formula is C2H5N7O2S. The van der Waals surface area contributed by atoms with Gasteiger partial charge in [-0.1, -0.05) is 4.52 Å². The van der Waals surface area contributed by atoms with Gasteiger partial charge in [-0.2, -0.15) is 18.2 Å². The Morgan fingerprint density at radius 3 is 2.00 bits per heavy atom. The van der Waals surface area contributed by atoms with Crippen LogP contribution in [-0.2, 0) is 10.0 Å². The molecule has 0 N–H and O–H groups in total. The molecule has 0 aromatic carbocycles. The van der Waals surface area contributed by atoms with Crippen LogP contribution in [-0.4, -0.2) is 18.7 Å². The van der Waals surface area contributed by atoms with Crippen LogP contribution in [0.2, 0.25) is 0 Å². The molecular weight excluding hydrogens is 186 g/mol. The number of hydrogen-bond donors (Lipinski definition) is 0. The van der Waals surface area contributed by atoms with Crippen molar-refractivity contribution in [3.63, 3.8) is 0 Å². The van der Waals surface area contributed by atoms with E-state index in [4.69, 9.17) is 11.1 Å². The molecule has 0 fully saturated rings. The van der Waals surface area contributed by atoms with E-state index in [9.17, 15) is 8.42 Å². The highest BCUT2D eigenvalue weighted by Crippen LogP contribution is 2.03. The molecule has 0 aromatic rings. The lowest BCUT2D eigenvalue weighted by Crippen LogP contribution is -2.20. The third-order valence-electron chi connectivity index (χ3n) is 0.847. The minimum Gasteiger partial charge on any atom is -0.183 e. The topological polar surface area (TPSA) is 135 Å². The molecule has 0 aliphatic heterocycles. The predicted octanol–water partition coefficient (Wildman–Crippen LogP) is 1.09. The Labute approximate surface area is 67.8 Å². The maximum absolute atomic E-state index is 10.9. The van der Waals surface area contributed by atoms with Gasteiger partial charge in [0, 0.05) is 10.4 Å². The molecule has 0 aliphatic carbocycles. The standard InChI is InChI=1S/C2H5N7O2S/c1-2-12(10,11)9(7-5-3)8-6-4/h2H2,1H3. The van der Waals surface area contributed by atoms with E-state index in [2.05, 4.69) is 20.3 Å². The van der Waals surface area contributed by atoms with Crippen molar-refractivity contribution in [3.8, 4) is 0 Å². The first-order valence-electron chi connectivity index (χ1n) is 2.71. The van der Waals surface area contributed by atoms with Gasteiger partial charge in [0.2, 0.25) is 0 Å². The van der Waals surface area contributed by atoms with Crippen LogP contribution in [0.1, 0.15) is 6.92 Å². The molecule has 12 heavy (non-hydrogen) atoms. The molecule has 0 bridgehead atoms. The van der Waals surface area contributed by atoms with Gasteiger partial charge >= 0.3 is 10.0 Å². The summed E-state index contributed by atoms with van der Waals surface area (Å²) in [5.74, 6) is -0.314. The fourth-order valence-corrected chi connectivity index (χ4v) is 0.832. The highest BCUT2D eigenvalue weighted by atomic mass is 32.2. The Balaban J connectivity index is 5.00.